The van der Waals surface area contributed by atoms with Gasteiger partial charge in [0.1, 0.15) is 11.6 Å². The molecule has 0 bridgehead atoms. The number of carbonyl (C=O) groups is 1. The summed E-state index contributed by atoms with van der Waals surface area (Å²) in [5, 5.41) is 7.04. The van der Waals surface area contributed by atoms with E-state index in [1.807, 2.05) is 48.5 Å². The van der Waals surface area contributed by atoms with E-state index in [0.717, 1.165) is 45.9 Å². The molecule has 0 aromatic heterocycles. The molecule has 5 rings (SSSR count). The van der Waals surface area contributed by atoms with E-state index in [4.69, 9.17) is 4.74 Å². The van der Waals surface area contributed by atoms with Crippen LogP contribution >= 0.6 is 0 Å². The molecular formula is C26H23FN2O2. The molecule has 3 aromatic rings. The van der Waals surface area contributed by atoms with Gasteiger partial charge in [0.25, 0.3) is 0 Å². The van der Waals surface area contributed by atoms with Crippen molar-refractivity contribution in [2.75, 3.05) is 17.7 Å². The Labute approximate surface area is 180 Å². The van der Waals surface area contributed by atoms with Gasteiger partial charge in [-0.1, -0.05) is 36.4 Å². The van der Waals surface area contributed by atoms with Crippen molar-refractivity contribution in [3.63, 3.8) is 0 Å². The number of anilines is 2. The number of hydrogen-bond acceptors (Lipinski definition) is 4. The minimum atomic E-state index is -0.337. The molecule has 1 heterocycles. The number of methoxy groups -OCH3 is 1. The second-order valence-corrected chi connectivity index (χ2v) is 7.99. The zero-order valence-corrected chi connectivity index (χ0v) is 17.2. The maximum Gasteiger partial charge on any atom is 0.163 e. The number of para-hydroxylation sites is 2. The first kappa shape index (κ1) is 19.4. The SMILES string of the molecule is COc1ccc([C@@H]2CC(=O)C3=C(C2)Nc2ccccc2N[C@H]3c2ccc(F)cc2)cc1. The van der Waals surface area contributed by atoms with Gasteiger partial charge in [-0.2, -0.15) is 0 Å². The van der Waals surface area contributed by atoms with E-state index in [2.05, 4.69) is 10.6 Å². The molecule has 0 saturated heterocycles. The maximum absolute atomic E-state index is 13.6. The van der Waals surface area contributed by atoms with Crippen LogP contribution in [0.1, 0.15) is 35.9 Å². The Bertz CT molecular complexity index is 1150. The number of ketones is 1. The molecule has 0 radical (unpaired) electrons. The summed E-state index contributed by atoms with van der Waals surface area (Å²) in [4.78, 5) is 13.5. The average Bonchev–Trinajstić information content (AvgIpc) is 2.96. The summed E-state index contributed by atoms with van der Waals surface area (Å²) in [7, 11) is 1.64. The summed E-state index contributed by atoms with van der Waals surface area (Å²) in [5.41, 5.74) is 5.48. The predicted molar refractivity (Wildman–Crippen MR) is 120 cm³/mol. The van der Waals surface area contributed by atoms with Gasteiger partial charge in [-0.15, -0.1) is 0 Å². The molecule has 0 fully saturated rings. The lowest BCUT2D eigenvalue weighted by molar-refractivity contribution is -0.116. The molecule has 0 spiro atoms. The maximum atomic E-state index is 13.6. The van der Waals surface area contributed by atoms with E-state index in [1.54, 1.807) is 19.2 Å². The minimum Gasteiger partial charge on any atom is -0.497 e. The first-order chi connectivity index (χ1) is 15.1. The van der Waals surface area contributed by atoms with Crippen LogP contribution in [-0.2, 0) is 4.79 Å². The first-order valence-electron chi connectivity index (χ1n) is 10.4. The number of allylic oxidation sites excluding steroid dienone is 1. The molecule has 2 atom stereocenters. The van der Waals surface area contributed by atoms with E-state index in [-0.39, 0.29) is 23.6 Å². The second kappa shape index (κ2) is 7.91. The number of rotatable bonds is 3. The topological polar surface area (TPSA) is 50.4 Å². The van der Waals surface area contributed by atoms with Gasteiger partial charge < -0.3 is 15.4 Å². The fourth-order valence-corrected chi connectivity index (χ4v) is 4.51. The van der Waals surface area contributed by atoms with Crippen LogP contribution in [0.3, 0.4) is 0 Å². The largest absolute Gasteiger partial charge is 0.497 e. The monoisotopic (exact) mass is 414 g/mol. The number of fused-ring (bicyclic) bond motifs is 1. The molecule has 4 nitrogen and oxygen atoms in total. The van der Waals surface area contributed by atoms with E-state index in [1.165, 1.54) is 12.1 Å². The molecule has 2 aliphatic rings. The molecule has 1 aliphatic carbocycles. The van der Waals surface area contributed by atoms with Crippen molar-refractivity contribution in [1.82, 2.24) is 0 Å². The number of Topliss-reactive ketones (excluding diaryl/α,β-unsaturated/α-hetero) is 1. The van der Waals surface area contributed by atoms with Crippen LogP contribution in [-0.4, -0.2) is 12.9 Å². The van der Waals surface area contributed by atoms with Crippen molar-refractivity contribution in [2.24, 2.45) is 0 Å². The van der Waals surface area contributed by atoms with E-state index < -0.39 is 0 Å². The van der Waals surface area contributed by atoms with Crippen LogP contribution in [0.2, 0.25) is 0 Å². The Morgan fingerprint density at radius 2 is 1.55 bits per heavy atom. The fraction of sp³-hybridized carbons (Fsp3) is 0.192. The molecule has 0 unspecified atom stereocenters. The molecule has 3 aromatic carbocycles. The molecule has 1 aliphatic heterocycles. The molecule has 2 N–H and O–H groups in total. The van der Waals surface area contributed by atoms with Crippen molar-refractivity contribution in [3.8, 4) is 5.75 Å². The first-order valence-corrected chi connectivity index (χ1v) is 10.4. The van der Waals surface area contributed by atoms with Crippen molar-refractivity contribution in [1.29, 1.82) is 0 Å². The van der Waals surface area contributed by atoms with Crippen LogP contribution in [0.5, 0.6) is 5.75 Å². The standard InChI is InChI=1S/C26H23FN2O2/c1-31-20-12-8-16(9-13-20)18-14-23-25(24(30)15-18)26(17-6-10-19(27)11-7-17)29-22-5-3-2-4-21(22)28-23/h2-13,18,26,28-29H,14-15H2,1H3/t18-,26-/m0/s1. The fourth-order valence-electron chi connectivity index (χ4n) is 4.51. The zero-order valence-electron chi connectivity index (χ0n) is 17.2. The number of nitrogens with one attached hydrogen (secondary N) is 2. The third kappa shape index (κ3) is 3.67. The molecule has 31 heavy (non-hydrogen) atoms. The highest BCUT2D eigenvalue weighted by Crippen LogP contribution is 2.44. The summed E-state index contributed by atoms with van der Waals surface area (Å²) in [5.74, 6) is 0.695. The number of benzene rings is 3. The van der Waals surface area contributed by atoms with Gasteiger partial charge in [0.15, 0.2) is 5.78 Å². The normalized spacial score (nSPS) is 20.1. The number of halogens is 1. The third-order valence-electron chi connectivity index (χ3n) is 6.10. The van der Waals surface area contributed by atoms with Gasteiger partial charge >= 0.3 is 0 Å². The summed E-state index contributed by atoms with van der Waals surface area (Å²) in [6.45, 7) is 0. The second-order valence-electron chi connectivity index (χ2n) is 7.99. The van der Waals surface area contributed by atoms with E-state index in [9.17, 15) is 9.18 Å². The molecule has 0 saturated carbocycles. The van der Waals surface area contributed by atoms with Gasteiger partial charge in [0, 0.05) is 17.7 Å². The van der Waals surface area contributed by atoms with Crippen LogP contribution in [0.15, 0.2) is 84.1 Å². The predicted octanol–water partition coefficient (Wildman–Crippen LogP) is 5.81. The summed E-state index contributed by atoms with van der Waals surface area (Å²) >= 11 is 0. The van der Waals surface area contributed by atoms with Crippen molar-refractivity contribution < 1.29 is 13.9 Å². The lowest BCUT2D eigenvalue weighted by Gasteiger charge is -2.30. The van der Waals surface area contributed by atoms with Gasteiger partial charge in [-0.3, -0.25) is 4.79 Å². The van der Waals surface area contributed by atoms with E-state index in [0.29, 0.717) is 6.42 Å². The lowest BCUT2D eigenvalue weighted by atomic mass is 9.78. The zero-order chi connectivity index (χ0) is 21.4. The van der Waals surface area contributed by atoms with Crippen molar-refractivity contribution in [2.45, 2.75) is 24.8 Å². The quantitative estimate of drug-likeness (QED) is 0.568. The molecule has 156 valence electrons. The molecular weight excluding hydrogens is 391 g/mol. The highest BCUT2D eigenvalue weighted by Gasteiger charge is 2.36. The van der Waals surface area contributed by atoms with Crippen LogP contribution in [0, 0.1) is 5.82 Å². The van der Waals surface area contributed by atoms with Crippen molar-refractivity contribution >= 4 is 17.2 Å². The Morgan fingerprint density at radius 1 is 0.871 bits per heavy atom. The highest BCUT2D eigenvalue weighted by atomic mass is 19.1. The summed E-state index contributed by atoms with van der Waals surface area (Å²) in [6, 6.07) is 21.9. The van der Waals surface area contributed by atoms with Gasteiger partial charge in [-0.05, 0) is 59.9 Å². The Morgan fingerprint density at radius 3 is 2.26 bits per heavy atom. The Balaban J connectivity index is 1.57. The number of carbonyl (C=O) groups excluding carboxylic acids is 1. The van der Waals surface area contributed by atoms with Gasteiger partial charge in [-0.25, -0.2) is 4.39 Å². The summed E-state index contributed by atoms with van der Waals surface area (Å²) < 4.78 is 18.8. The number of hydrogen-bond donors (Lipinski definition) is 2. The molecule has 5 heteroatoms. The Hall–Kier alpha value is -3.60. The van der Waals surface area contributed by atoms with E-state index >= 15 is 0 Å². The Kier molecular flexibility index (Phi) is 4.94. The third-order valence-corrected chi connectivity index (χ3v) is 6.10. The van der Waals surface area contributed by atoms with Crippen LogP contribution in [0.25, 0.3) is 0 Å². The average molecular weight is 414 g/mol. The smallest absolute Gasteiger partial charge is 0.163 e. The van der Waals surface area contributed by atoms with Crippen molar-refractivity contribution in [3.05, 3.63) is 101 Å². The lowest BCUT2D eigenvalue weighted by Crippen LogP contribution is -2.26. The van der Waals surface area contributed by atoms with Crippen LogP contribution in [0.4, 0.5) is 15.8 Å². The minimum absolute atomic E-state index is 0.0868. The highest BCUT2D eigenvalue weighted by molar-refractivity contribution is 6.01. The number of ether oxygens (including phenoxy) is 1. The van der Waals surface area contributed by atoms with Gasteiger partial charge in [0.05, 0.1) is 24.5 Å². The molecule has 0 amide bonds. The summed E-state index contributed by atoms with van der Waals surface area (Å²) in [6.07, 6.45) is 1.16. The van der Waals surface area contributed by atoms with Crippen LogP contribution < -0.4 is 15.4 Å². The van der Waals surface area contributed by atoms with Gasteiger partial charge in [0.2, 0.25) is 0 Å².